The quantitative estimate of drug-likeness (QED) is 0.520. The summed E-state index contributed by atoms with van der Waals surface area (Å²) in [6.45, 7) is 7.03. The molecule has 0 bridgehead atoms. The Hall–Kier alpha value is -0.910. The van der Waals surface area contributed by atoms with Gasteiger partial charge in [0, 0.05) is 6.42 Å². The number of nitrogens with zero attached hydrogens (tertiary/aromatic N) is 1. The smallest absolute Gasteiger partial charge is 0.120 e. The van der Waals surface area contributed by atoms with Crippen molar-refractivity contribution in [3.63, 3.8) is 0 Å². The van der Waals surface area contributed by atoms with Gasteiger partial charge in [-0.15, -0.1) is 0 Å². The first-order chi connectivity index (χ1) is 11.7. The first kappa shape index (κ1) is 20.4. The van der Waals surface area contributed by atoms with Crippen LogP contribution in [0.3, 0.4) is 0 Å². The Balaban J connectivity index is 0.00000225. The average molecular weight is 451 g/mol. The number of quaternary nitrogens is 1. The highest BCUT2D eigenvalue weighted by Crippen LogP contribution is 2.34. The molecule has 3 rings (SSSR count). The van der Waals surface area contributed by atoms with Gasteiger partial charge >= 0.3 is 0 Å². The van der Waals surface area contributed by atoms with Crippen molar-refractivity contribution in [2.75, 3.05) is 26.2 Å². The van der Waals surface area contributed by atoms with Crippen molar-refractivity contribution in [2.45, 2.75) is 38.2 Å². The minimum absolute atomic E-state index is 0. The molecule has 0 aromatic heterocycles. The molecular formula is C22H30INO. The van der Waals surface area contributed by atoms with Crippen molar-refractivity contribution in [3.05, 3.63) is 71.8 Å². The van der Waals surface area contributed by atoms with Gasteiger partial charge in [-0.3, -0.25) is 0 Å². The Bertz CT molecular complexity index is 583. The molecular weight excluding hydrogens is 421 g/mol. The third-order valence-corrected chi connectivity index (χ3v) is 5.89. The second kappa shape index (κ2) is 9.15. The summed E-state index contributed by atoms with van der Waals surface area (Å²) in [5, 5.41) is 11.7. The van der Waals surface area contributed by atoms with E-state index in [1.54, 1.807) is 0 Å². The van der Waals surface area contributed by atoms with Gasteiger partial charge in [0.15, 0.2) is 0 Å². The molecule has 1 aliphatic rings. The minimum Gasteiger partial charge on any atom is -1.00 e. The van der Waals surface area contributed by atoms with Crippen molar-refractivity contribution in [3.8, 4) is 0 Å². The van der Waals surface area contributed by atoms with Crippen LogP contribution < -0.4 is 24.0 Å². The molecule has 3 heteroatoms. The van der Waals surface area contributed by atoms with Crippen LogP contribution in [0.25, 0.3) is 0 Å². The lowest BCUT2D eigenvalue weighted by Gasteiger charge is -2.43. The molecule has 2 nitrogen and oxygen atoms in total. The van der Waals surface area contributed by atoms with Crippen LogP contribution in [0, 0.1) is 0 Å². The molecule has 0 amide bonds. The summed E-state index contributed by atoms with van der Waals surface area (Å²) in [4.78, 5) is 0. The van der Waals surface area contributed by atoms with Gasteiger partial charge in [-0.25, -0.2) is 0 Å². The maximum atomic E-state index is 11.7. The van der Waals surface area contributed by atoms with E-state index in [9.17, 15) is 5.11 Å². The molecule has 0 spiro atoms. The lowest BCUT2D eigenvalue weighted by Crippen LogP contribution is -3.00. The Kier molecular flexibility index (Phi) is 7.47. The molecule has 136 valence electrons. The molecule has 2 aromatic carbocycles. The minimum atomic E-state index is -0.902. The molecule has 1 saturated heterocycles. The highest BCUT2D eigenvalue weighted by Gasteiger charge is 2.36. The number of rotatable bonds is 6. The number of piperidine rings is 1. The van der Waals surface area contributed by atoms with Crippen molar-refractivity contribution in [1.82, 2.24) is 0 Å². The van der Waals surface area contributed by atoms with Gasteiger partial charge in [-0.1, -0.05) is 60.7 Å². The van der Waals surface area contributed by atoms with Gasteiger partial charge in [0.2, 0.25) is 0 Å². The molecule has 0 saturated carbocycles. The summed E-state index contributed by atoms with van der Waals surface area (Å²) in [5.41, 5.74) is 1.10. The average Bonchev–Trinajstić information content (AvgIpc) is 2.68. The number of benzene rings is 2. The lowest BCUT2D eigenvalue weighted by atomic mass is 9.83. The van der Waals surface area contributed by atoms with E-state index < -0.39 is 5.60 Å². The van der Waals surface area contributed by atoms with Crippen molar-refractivity contribution in [1.29, 1.82) is 0 Å². The maximum Gasteiger partial charge on any atom is 0.120 e. The van der Waals surface area contributed by atoms with Crippen LogP contribution in [0.5, 0.6) is 0 Å². The zero-order chi connectivity index (χ0) is 16.9. The fourth-order valence-corrected chi connectivity index (χ4v) is 4.16. The first-order valence-electron chi connectivity index (χ1n) is 9.37. The third-order valence-electron chi connectivity index (χ3n) is 5.89. The second-order valence-corrected chi connectivity index (χ2v) is 7.23. The zero-order valence-electron chi connectivity index (χ0n) is 15.2. The van der Waals surface area contributed by atoms with Crippen molar-refractivity contribution < 1.29 is 33.6 Å². The first-order valence-corrected chi connectivity index (χ1v) is 9.37. The van der Waals surface area contributed by atoms with Gasteiger partial charge in [0.05, 0.1) is 26.2 Å². The molecule has 1 heterocycles. The Labute approximate surface area is 169 Å². The summed E-state index contributed by atoms with van der Waals surface area (Å²) >= 11 is 0. The summed E-state index contributed by atoms with van der Waals surface area (Å²) in [6, 6.07) is 20.3. The van der Waals surface area contributed by atoms with E-state index in [4.69, 9.17) is 0 Å². The van der Waals surface area contributed by atoms with E-state index in [0.29, 0.717) is 0 Å². The molecule has 0 unspecified atom stereocenters. The van der Waals surface area contributed by atoms with Crippen LogP contribution in [-0.2, 0) is 5.60 Å². The van der Waals surface area contributed by atoms with E-state index in [-0.39, 0.29) is 24.0 Å². The second-order valence-electron chi connectivity index (χ2n) is 7.23. The molecule has 1 aliphatic heterocycles. The van der Waals surface area contributed by atoms with Gasteiger partial charge in [-0.2, -0.15) is 0 Å². The monoisotopic (exact) mass is 451 g/mol. The van der Waals surface area contributed by atoms with Gasteiger partial charge in [-0.05, 0) is 37.3 Å². The number of likely N-dealkylation sites (tertiary alicyclic amines) is 1. The van der Waals surface area contributed by atoms with E-state index in [0.717, 1.165) is 28.6 Å². The summed E-state index contributed by atoms with van der Waals surface area (Å²) < 4.78 is 1.15. The van der Waals surface area contributed by atoms with E-state index in [1.165, 1.54) is 38.9 Å². The molecule has 0 atom stereocenters. The lowest BCUT2D eigenvalue weighted by molar-refractivity contribution is -0.931. The molecule has 0 radical (unpaired) electrons. The predicted octanol–water partition coefficient (Wildman–Crippen LogP) is 1.34. The Morgan fingerprint density at radius 1 is 0.840 bits per heavy atom. The van der Waals surface area contributed by atoms with Crippen LogP contribution in [0.4, 0.5) is 0 Å². The molecule has 1 N–H and O–H groups in total. The number of aliphatic hydroxyl groups is 1. The van der Waals surface area contributed by atoms with E-state index >= 15 is 0 Å². The van der Waals surface area contributed by atoms with E-state index in [1.807, 2.05) is 36.4 Å². The van der Waals surface area contributed by atoms with E-state index in [2.05, 4.69) is 31.2 Å². The fourth-order valence-electron chi connectivity index (χ4n) is 4.16. The van der Waals surface area contributed by atoms with Crippen LogP contribution in [0.1, 0.15) is 43.7 Å². The van der Waals surface area contributed by atoms with Gasteiger partial charge in [0.25, 0.3) is 0 Å². The number of hydrogen-bond donors (Lipinski definition) is 1. The topological polar surface area (TPSA) is 20.2 Å². The van der Waals surface area contributed by atoms with Crippen LogP contribution in [-0.4, -0.2) is 35.8 Å². The van der Waals surface area contributed by atoms with Crippen molar-refractivity contribution >= 4 is 0 Å². The van der Waals surface area contributed by atoms with Gasteiger partial charge < -0.3 is 33.6 Å². The van der Waals surface area contributed by atoms with Crippen molar-refractivity contribution in [2.24, 2.45) is 0 Å². The predicted molar refractivity (Wildman–Crippen MR) is 99.8 cm³/mol. The Morgan fingerprint density at radius 2 is 1.32 bits per heavy atom. The van der Waals surface area contributed by atoms with Crippen LogP contribution >= 0.6 is 0 Å². The maximum absolute atomic E-state index is 11.7. The standard InChI is InChI=1S/C22H30NO.HI/c1-2-23(17-10-5-11-18-23)19-16-22(24,20-12-6-3-7-13-20)21-14-8-4-9-15-21;/h3-4,6-9,12-15,24H,2,5,10-11,16-19H2,1H3;1H/q+1;/p-1. The number of hydrogen-bond acceptors (Lipinski definition) is 1. The molecule has 1 fully saturated rings. The van der Waals surface area contributed by atoms with Gasteiger partial charge in [0.1, 0.15) is 5.60 Å². The normalized spacial score (nSPS) is 16.9. The third kappa shape index (κ3) is 4.63. The highest BCUT2D eigenvalue weighted by atomic mass is 127. The summed E-state index contributed by atoms with van der Waals surface area (Å²) in [6.07, 6.45) is 4.78. The molecule has 0 aliphatic carbocycles. The zero-order valence-corrected chi connectivity index (χ0v) is 17.4. The molecule has 25 heavy (non-hydrogen) atoms. The SMILES string of the molecule is CC[N+]1(CCC(O)(c2ccccc2)c2ccccc2)CCCCC1.[I-]. The molecule has 2 aromatic rings. The fraction of sp³-hybridized carbons (Fsp3) is 0.455. The van der Waals surface area contributed by atoms with Crippen LogP contribution in [0.2, 0.25) is 0 Å². The largest absolute Gasteiger partial charge is 1.00 e. The number of halogens is 1. The Morgan fingerprint density at radius 3 is 1.76 bits per heavy atom. The van der Waals surface area contributed by atoms with Crippen LogP contribution in [0.15, 0.2) is 60.7 Å². The summed E-state index contributed by atoms with van der Waals surface area (Å²) in [5.74, 6) is 0. The summed E-state index contributed by atoms with van der Waals surface area (Å²) in [7, 11) is 0. The highest BCUT2D eigenvalue weighted by molar-refractivity contribution is 5.35.